The van der Waals surface area contributed by atoms with E-state index in [0.717, 1.165) is 11.6 Å². The first kappa shape index (κ1) is 14.5. The summed E-state index contributed by atoms with van der Waals surface area (Å²) in [5.74, 6) is -1.75. The maximum absolute atomic E-state index is 13.0. The van der Waals surface area contributed by atoms with Crippen molar-refractivity contribution >= 4 is 17.6 Å². The Morgan fingerprint density at radius 3 is 2.50 bits per heavy atom. The molecule has 0 unspecified atom stereocenters. The van der Waals surface area contributed by atoms with Gasteiger partial charge in [0.2, 0.25) is 0 Å². The van der Waals surface area contributed by atoms with E-state index < -0.39 is 11.8 Å². The number of rotatable bonds is 5. The van der Waals surface area contributed by atoms with E-state index in [1.165, 1.54) is 12.1 Å². The summed E-state index contributed by atoms with van der Waals surface area (Å²) in [5.41, 5.74) is 1.28. The van der Waals surface area contributed by atoms with Crippen molar-refractivity contribution < 1.29 is 19.0 Å². The van der Waals surface area contributed by atoms with E-state index in [1.807, 2.05) is 12.1 Å². The van der Waals surface area contributed by atoms with Gasteiger partial charge in [-0.1, -0.05) is 29.8 Å². The highest BCUT2D eigenvalue weighted by Gasteiger charge is 2.11. The van der Waals surface area contributed by atoms with Crippen molar-refractivity contribution in [2.75, 3.05) is 0 Å². The molecule has 0 aliphatic heterocycles. The number of aromatic carboxylic acids is 1. The van der Waals surface area contributed by atoms with E-state index in [-0.39, 0.29) is 12.2 Å². The summed E-state index contributed by atoms with van der Waals surface area (Å²) in [6, 6.07) is 10.8. The second-order valence-corrected chi connectivity index (χ2v) is 4.66. The molecule has 5 heteroatoms. The lowest BCUT2D eigenvalue weighted by molar-refractivity contribution is 0.0683. The minimum Gasteiger partial charge on any atom is -0.478 e. The van der Waals surface area contributed by atoms with Crippen LogP contribution in [0.4, 0.5) is 4.39 Å². The maximum atomic E-state index is 13.0. The molecule has 0 atom stereocenters. The van der Waals surface area contributed by atoms with Crippen molar-refractivity contribution in [2.45, 2.75) is 13.2 Å². The Hall–Kier alpha value is -1.91. The molecule has 0 aromatic heterocycles. The van der Waals surface area contributed by atoms with E-state index in [1.54, 1.807) is 12.1 Å². The van der Waals surface area contributed by atoms with E-state index >= 15 is 0 Å². The largest absolute Gasteiger partial charge is 0.478 e. The van der Waals surface area contributed by atoms with Crippen LogP contribution in [0.5, 0.6) is 0 Å². The zero-order valence-electron chi connectivity index (χ0n) is 10.5. The van der Waals surface area contributed by atoms with Crippen molar-refractivity contribution in [2.24, 2.45) is 0 Å². The molecule has 0 fully saturated rings. The minimum atomic E-state index is -1.17. The predicted molar refractivity (Wildman–Crippen MR) is 73.3 cm³/mol. The molecule has 20 heavy (non-hydrogen) atoms. The van der Waals surface area contributed by atoms with Crippen LogP contribution in [0.25, 0.3) is 0 Å². The maximum Gasteiger partial charge on any atom is 0.336 e. The highest BCUT2D eigenvalue weighted by Crippen LogP contribution is 2.15. The second kappa shape index (κ2) is 6.50. The van der Waals surface area contributed by atoms with Crippen LogP contribution in [0.2, 0.25) is 5.02 Å². The normalized spacial score (nSPS) is 10.5. The van der Waals surface area contributed by atoms with Crippen LogP contribution < -0.4 is 0 Å². The fourth-order valence-electron chi connectivity index (χ4n) is 1.73. The number of hydrogen-bond acceptors (Lipinski definition) is 2. The monoisotopic (exact) mass is 294 g/mol. The van der Waals surface area contributed by atoms with Crippen LogP contribution in [-0.4, -0.2) is 11.1 Å². The lowest BCUT2D eigenvalue weighted by Crippen LogP contribution is -2.05. The molecule has 0 spiro atoms. The number of hydrogen-bond donors (Lipinski definition) is 1. The van der Waals surface area contributed by atoms with Gasteiger partial charge in [0, 0.05) is 5.02 Å². The van der Waals surface area contributed by atoms with Gasteiger partial charge in [-0.25, -0.2) is 9.18 Å². The molecule has 0 heterocycles. The number of halogens is 2. The molecule has 0 saturated carbocycles. The first-order valence-electron chi connectivity index (χ1n) is 5.90. The van der Waals surface area contributed by atoms with Gasteiger partial charge in [0.25, 0.3) is 0 Å². The molecule has 0 saturated heterocycles. The van der Waals surface area contributed by atoms with Crippen LogP contribution >= 0.6 is 11.6 Å². The van der Waals surface area contributed by atoms with Crippen LogP contribution in [-0.2, 0) is 18.0 Å². The van der Waals surface area contributed by atoms with Crippen molar-refractivity contribution in [1.29, 1.82) is 0 Å². The second-order valence-electron chi connectivity index (χ2n) is 4.23. The Balaban J connectivity index is 2.00. The van der Waals surface area contributed by atoms with E-state index in [0.29, 0.717) is 17.2 Å². The number of carbonyl (C=O) groups is 1. The van der Waals surface area contributed by atoms with Gasteiger partial charge < -0.3 is 9.84 Å². The van der Waals surface area contributed by atoms with Gasteiger partial charge in [0.15, 0.2) is 0 Å². The van der Waals surface area contributed by atoms with E-state index in [4.69, 9.17) is 21.4 Å². The topological polar surface area (TPSA) is 46.5 Å². The van der Waals surface area contributed by atoms with E-state index in [9.17, 15) is 9.18 Å². The molecule has 0 aliphatic carbocycles. The van der Waals surface area contributed by atoms with Crippen molar-refractivity contribution in [3.63, 3.8) is 0 Å². The van der Waals surface area contributed by atoms with Crippen molar-refractivity contribution in [3.05, 3.63) is 70.0 Å². The third-order valence-corrected chi connectivity index (χ3v) is 2.99. The Morgan fingerprint density at radius 2 is 1.85 bits per heavy atom. The quantitative estimate of drug-likeness (QED) is 0.910. The summed E-state index contributed by atoms with van der Waals surface area (Å²) in [4.78, 5) is 11.0. The molecular formula is C15H12ClFO3. The number of benzene rings is 2. The lowest BCUT2D eigenvalue weighted by atomic mass is 10.1. The average Bonchev–Trinajstić information content (AvgIpc) is 2.42. The van der Waals surface area contributed by atoms with Crippen molar-refractivity contribution in [3.8, 4) is 0 Å². The highest BCUT2D eigenvalue weighted by atomic mass is 35.5. The standard InChI is InChI=1S/C15H12ClFO3/c16-12-4-1-10(2-5-12)8-20-9-11-3-6-13(17)7-14(11)15(18)19/h1-7H,8-9H2,(H,18,19). The third kappa shape index (κ3) is 3.79. The zero-order valence-corrected chi connectivity index (χ0v) is 11.2. The molecule has 2 aromatic carbocycles. The Kier molecular flexibility index (Phi) is 4.71. The van der Waals surface area contributed by atoms with Gasteiger partial charge in [-0.05, 0) is 35.4 Å². The number of carboxylic acid groups (broad SMARTS) is 1. The first-order chi connectivity index (χ1) is 9.56. The molecular weight excluding hydrogens is 283 g/mol. The van der Waals surface area contributed by atoms with Gasteiger partial charge in [0.05, 0.1) is 18.8 Å². The SMILES string of the molecule is O=C(O)c1cc(F)ccc1COCc1ccc(Cl)cc1. The van der Waals surface area contributed by atoms with Crippen LogP contribution in [0.15, 0.2) is 42.5 Å². The Bertz CT molecular complexity index is 611. The fourth-order valence-corrected chi connectivity index (χ4v) is 1.86. The number of carboxylic acids is 1. The van der Waals surface area contributed by atoms with Crippen molar-refractivity contribution in [1.82, 2.24) is 0 Å². The van der Waals surface area contributed by atoms with E-state index in [2.05, 4.69) is 0 Å². The molecule has 2 rings (SSSR count). The summed E-state index contributed by atoms with van der Waals surface area (Å²) in [5, 5.41) is 9.64. The summed E-state index contributed by atoms with van der Waals surface area (Å²) >= 11 is 5.77. The van der Waals surface area contributed by atoms with Crippen LogP contribution in [0.1, 0.15) is 21.5 Å². The smallest absolute Gasteiger partial charge is 0.336 e. The average molecular weight is 295 g/mol. The van der Waals surface area contributed by atoms with Gasteiger partial charge in [-0.15, -0.1) is 0 Å². The molecule has 0 amide bonds. The summed E-state index contributed by atoms with van der Waals surface area (Å²) < 4.78 is 18.5. The molecule has 2 aromatic rings. The van der Waals surface area contributed by atoms with Crippen LogP contribution in [0, 0.1) is 5.82 Å². The molecule has 3 nitrogen and oxygen atoms in total. The fraction of sp³-hybridized carbons (Fsp3) is 0.133. The predicted octanol–water partition coefficient (Wildman–Crippen LogP) is 3.89. The van der Waals surface area contributed by atoms with Gasteiger partial charge in [0.1, 0.15) is 5.82 Å². The summed E-state index contributed by atoms with van der Waals surface area (Å²) in [7, 11) is 0. The molecule has 0 aliphatic rings. The first-order valence-corrected chi connectivity index (χ1v) is 6.28. The zero-order chi connectivity index (χ0) is 14.5. The molecule has 1 N–H and O–H groups in total. The third-order valence-electron chi connectivity index (χ3n) is 2.74. The molecule has 104 valence electrons. The van der Waals surface area contributed by atoms with Gasteiger partial charge in [-0.2, -0.15) is 0 Å². The highest BCUT2D eigenvalue weighted by molar-refractivity contribution is 6.30. The van der Waals surface area contributed by atoms with Gasteiger partial charge in [-0.3, -0.25) is 0 Å². The lowest BCUT2D eigenvalue weighted by Gasteiger charge is -2.08. The summed E-state index contributed by atoms with van der Waals surface area (Å²) in [6.45, 7) is 0.429. The summed E-state index contributed by atoms with van der Waals surface area (Å²) in [6.07, 6.45) is 0. The molecule has 0 radical (unpaired) electrons. The minimum absolute atomic E-state index is 0.0823. The molecule has 0 bridgehead atoms. The Labute approximate surface area is 120 Å². The van der Waals surface area contributed by atoms with Gasteiger partial charge >= 0.3 is 5.97 Å². The number of ether oxygens (including phenoxy) is 1. The Morgan fingerprint density at radius 1 is 1.15 bits per heavy atom. The van der Waals surface area contributed by atoms with Crippen LogP contribution in [0.3, 0.4) is 0 Å².